The first-order valence-electron chi connectivity index (χ1n) is 27.0. The third-order valence-electron chi connectivity index (χ3n) is 12.3. The van der Waals surface area contributed by atoms with Crippen LogP contribution in [0.2, 0.25) is 0 Å². The molecule has 0 bridgehead atoms. The van der Waals surface area contributed by atoms with Gasteiger partial charge in [0.2, 0.25) is 0 Å². The molecule has 0 radical (unpaired) electrons. The zero-order chi connectivity index (χ0) is 50.5. The first kappa shape index (κ1) is 62.3. The van der Waals surface area contributed by atoms with E-state index >= 15 is 0 Å². The predicted molar refractivity (Wildman–Crippen MR) is 281 cm³/mol. The molecule has 0 aliphatic carbocycles. The van der Waals surface area contributed by atoms with Crippen LogP contribution >= 0.6 is 0 Å². The van der Waals surface area contributed by atoms with Crippen molar-refractivity contribution in [3.8, 4) is 0 Å². The van der Waals surface area contributed by atoms with Gasteiger partial charge in [-0.2, -0.15) is 0 Å². The number of rotatable bonds is 7. The number of hydrogen-bond donors (Lipinski definition) is 0. The highest BCUT2D eigenvalue weighted by atomic mass is 16.5. The Hall–Kier alpha value is -2.28. The van der Waals surface area contributed by atoms with Gasteiger partial charge in [0.15, 0.2) is 0 Å². The molecule has 18 heteroatoms. The van der Waals surface area contributed by atoms with Crippen LogP contribution in [0, 0.1) is 0 Å². The number of nitrogens with zero attached hydrogens (tertiary/aromatic N) is 6. The fourth-order valence-electron chi connectivity index (χ4n) is 7.86. The standard InChI is InChI=1S/C33H60N4O8.C21H36N2O4/c1-34-7-15-38-23-25-42-19-11-36(12-20-43-26-24-39-16-8-34)32-37-13-21-44-29-27-40-17-9-35(31-33-5-3-2-4-6-33)10-18-41-28-30-45-22-14-37;1-2-22-8-12-24-16-18-26-14-10-23(20-21-6-4-3-5-7-21)11-15-27-19-17-25-13-9-22/h2-6H,7-32H2,1H3;3-7H,2,8-20H2,1H3. The second kappa shape index (κ2) is 45.0. The molecule has 0 spiro atoms. The molecular formula is C54H96N6O12. The lowest BCUT2D eigenvalue weighted by atomic mass is 10.2. The molecular weight excluding hydrogens is 925 g/mol. The Morgan fingerprint density at radius 3 is 0.750 bits per heavy atom. The summed E-state index contributed by atoms with van der Waals surface area (Å²) < 4.78 is 69.9. The summed E-state index contributed by atoms with van der Waals surface area (Å²) in [7, 11) is 2.08. The van der Waals surface area contributed by atoms with Gasteiger partial charge in [-0.25, -0.2) is 0 Å². The summed E-state index contributed by atoms with van der Waals surface area (Å²) >= 11 is 0. The molecule has 0 atom stereocenters. The normalized spacial score (nSPS) is 22.9. The molecule has 2 aromatic rings. The summed E-state index contributed by atoms with van der Waals surface area (Å²) in [5.74, 6) is 0. The number of likely N-dealkylation sites (N-methyl/N-ethyl adjacent to an activating group) is 2. The minimum Gasteiger partial charge on any atom is -0.378 e. The molecule has 3 aliphatic heterocycles. The van der Waals surface area contributed by atoms with E-state index in [9.17, 15) is 0 Å². The Morgan fingerprint density at radius 1 is 0.278 bits per heavy atom. The number of hydrogen-bond acceptors (Lipinski definition) is 18. The maximum atomic E-state index is 5.97. The summed E-state index contributed by atoms with van der Waals surface area (Å²) in [6, 6.07) is 21.1. The van der Waals surface area contributed by atoms with Crippen LogP contribution in [-0.2, 0) is 69.9 Å². The van der Waals surface area contributed by atoms with Crippen molar-refractivity contribution in [2.45, 2.75) is 20.0 Å². The number of benzene rings is 2. The Kier molecular flexibility index (Phi) is 38.9. The van der Waals surface area contributed by atoms with Gasteiger partial charge in [-0.05, 0) is 24.7 Å². The molecule has 2 aromatic carbocycles. The van der Waals surface area contributed by atoms with E-state index in [2.05, 4.69) is 104 Å². The molecule has 414 valence electrons. The summed E-state index contributed by atoms with van der Waals surface area (Å²) in [6.45, 7) is 31.6. The Labute approximate surface area is 434 Å². The molecule has 0 saturated carbocycles. The zero-order valence-electron chi connectivity index (χ0n) is 44.6. The van der Waals surface area contributed by atoms with Crippen molar-refractivity contribution in [1.29, 1.82) is 0 Å². The first-order valence-corrected chi connectivity index (χ1v) is 27.0. The molecule has 3 fully saturated rings. The van der Waals surface area contributed by atoms with Crippen LogP contribution in [-0.4, -0.2) is 287 Å². The first-order chi connectivity index (χ1) is 35.7. The minimum absolute atomic E-state index is 0.581. The van der Waals surface area contributed by atoms with Crippen LogP contribution in [0.3, 0.4) is 0 Å². The van der Waals surface area contributed by atoms with Gasteiger partial charge in [-0.3, -0.25) is 24.5 Å². The second-order valence-electron chi connectivity index (χ2n) is 18.0. The summed E-state index contributed by atoms with van der Waals surface area (Å²) in [4.78, 5) is 14.1. The van der Waals surface area contributed by atoms with E-state index in [1.165, 1.54) is 11.1 Å². The third kappa shape index (κ3) is 34.3. The van der Waals surface area contributed by atoms with Crippen LogP contribution in [0.25, 0.3) is 0 Å². The fourth-order valence-corrected chi connectivity index (χ4v) is 7.86. The van der Waals surface area contributed by atoms with Crippen molar-refractivity contribution in [2.75, 3.05) is 257 Å². The molecule has 0 N–H and O–H groups in total. The highest BCUT2D eigenvalue weighted by Crippen LogP contribution is 2.07. The molecule has 0 unspecified atom stereocenters. The van der Waals surface area contributed by atoms with Crippen molar-refractivity contribution < 1.29 is 56.8 Å². The summed E-state index contributed by atoms with van der Waals surface area (Å²) in [5, 5.41) is 0. The molecule has 0 aromatic heterocycles. The maximum absolute atomic E-state index is 5.97. The topological polar surface area (TPSA) is 130 Å². The van der Waals surface area contributed by atoms with E-state index < -0.39 is 0 Å². The van der Waals surface area contributed by atoms with Gasteiger partial charge in [-0.15, -0.1) is 0 Å². The lowest BCUT2D eigenvalue weighted by Crippen LogP contribution is -2.44. The van der Waals surface area contributed by atoms with Crippen LogP contribution in [0.5, 0.6) is 0 Å². The van der Waals surface area contributed by atoms with E-state index in [1.54, 1.807) is 0 Å². The molecule has 3 aliphatic rings. The summed E-state index contributed by atoms with van der Waals surface area (Å²) in [6.07, 6.45) is 0. The molecule has 3 heterocycles. The van der Waals surface area contributed by atoms with E-state index in [-0.39, 0.29) is 0 Å². The van der Waals surface area contributed by atoms with Crippen molar-refractivity contribution in [2.24, 2.45) is 0 Å². The molecule has 72 heavy (non-hydrogen) atoms. The van der Waals surface area contributed by atoms with Gasteiger partial charge in [0.1, 0.15) is 0 Å². The molecule has 18 nitrogen and oxygen atoms in total. The van der Waals surface area contributed by atoms with Crippen LogP contribution in [0.4, 0.5) is 0 Å². The van der Waals surface area contributed by atoms with Gasteiger partial charge in [0, 0.05) is 91.6 Å². The minimum atomic E-state index is 0.581. The second-order valence-corrected chi connectivity index (χ2v) is 18.0. The number of ether oxygens (including phenoxy) is 12. The quantitative estimate of drug-likeness (QED) is 0.403. The highest BCUT2D eigenvalue weighted by molar-refractivity contribution is 5.15. The summed E-state index contributed by atoms with van der Waals surface area (Å²) in [5.41, 5.74) is 2.61. The largest absolute Gasteiger partial charge is 0.378 e. The molecule has 0 amide bonds. The van der Waals surface area contributed by atoms with Crippen LogP contribution in [0.15, 0.2) is 60.7 Å². The monoisotopic (exact) mass is 1020 g/mol. The van der Waals surface area contributed by atoms with E-state index in [4.69, 9.17) is 56.8 Å². The van der Waals surface area contributed by atoms with Crippen LogP contribution in [0.1, 0.15) is 18.1 Å². The van der Waals surface area contributed by atoms with Gasteiger partial charge in [-0.1, -0.05) is 67.6 Å². The Bertz CT molecular complexity index is 1410. The molecule has 3 saturated heterocycles. The van der Waals surface area contributed by atoms with Crippen molar-refractivity contribution in [1.82, 2.24) is 29.4 Å². The van der Waals surface area contributed by atoms with Gasteiger partial charge in [0.05, 0.1) is 165 Å². The van der Waals surface area contributed by atoms with Gasteiger partial charge < -0.3 is 61.7 Å². The maximum Gasteiger partial charge on any atom is 0.0701 e. The highest BCUT2D eigenvalue weighted by Gasteiger charge is 2.14. The predicted octanol–water partition coefficient (Wildman–Crippen LogP) is 3.03. The third-order valence-corrected chi connectivity index (χ3v) is 12.3. The van der Waals surface area contributed by atoms with Crippen molar-refractivity contribution in [3.05, 3.63) is 71.8 Å². The lowest BCUT2D eigenvalue weighted by Gasteiger charge is -2.30. The van der Waals surface area contributed by atoms with Gasteiger partial charge >= 0.3 is 0 Å². The SMILES string of the molecule is CCN1CCOCCOCCN(Cc2ccccc2)CCOCCOCC1.CN1CCOCCOCCN(CN2CCOCCOCCN(Cc3ccccc3)CCOCCOCC2)CCOCCOCC1. The Morgan fingerprint density at radius 2 is 0.500 bits per heavy atom. The average Bonchev–Trinajstić information content (AvgIpc) is 3.39. The average molecular weight is 1020 g/mol. The van der Waals surface area contributed by atoms with Crippen molar-refractivity contribution in [3.63, 3.8) is 0 Å². The molecule has 5 rings (SSSR count). The van der Waals surface area contributed by atoms with E-state index in [0.29, 0.717) is 145 Å². The smallest absolute Gasteiger partial charge is 0.0701 e. The zero-order valence-corrected chi connectivity index (χ0v) is 44.6. The van der Waals surface area contributed by atoms with Crippen molar-refractivity contribution >= 4 is 0 Å². The van der Waals surface area contributed by atoms with E-state index in [1.807, 2.05) is 0 Å². The van der Waals surface area contributed by atoms with Gasteiger partial charge in [0.25, 0.3) is 0 Å². The Balaban J connectivity index is 0.000000354. The lowest BCUT2D eigenvalue weighted by molar-refractivity contribution is -0.0132. The fraction of sp³-hybridized carbons (Fsp3) is 0.778. The van der Waals surface area contributed by atoms with Crippen LogP contribution < -0.4 is 0 Å². The van der Waals surface area contributed by atoms with E-state index in [0.717, 1.165) is 118 Å².